The lowest BCUT2D eigenvalue weighted by Gasteiger charge is -2.34. The van der Waals surface area contributed by atoms with Gasteiger partial charge in [-0.15, -0.1) is 0 Å². The van der Waals surface area contributed by atoms with Crippen LogP contribution in [-0.2, 0) is 17.6 Å². The van der Waals surface area contributed by atoms with Crippen LogP contribution in [0.3, 0.4) is 0 Å². The van der Waals surface area contributed by atoms with Crippen molar-refractivity contribution < 1.29 is 9.90 Å². The molecule has 20 heavy (non-hydrogen) atoms. The second-order valence-corrected chi connectivity index (χ2v) is 5.41. The van der Waals surface area contributed by atoms with E-state index in [0.29, 0.717) is 0 Å². The van der Waals surface area contributed by atoms with Gasteiger partial charge < -0.3 is 10.4 Å². The van der Waals surface area contributed by atoms with Crippen molar-refractivity contribution in [1.82, 2.24) is 10.2 Å². The predicted molar refractivity (Wildman–Crippen MR) is 80.0 cm³/mol. The SMILES string of the molecule is CCc1ccc(CC(CC(=O)O)N2CCNCC2)cc1. The van der Waals surface area contributed by atoms with Gasteiger partial charge in [0.2, 0.25) is 0 Å². The van der Waals surface area contributed by atoms with Crippen molar-refractivity contribution in [2.24, 2.45) is 0 Å². The van der Waals surface area contributed by atoms with Gasteiger partial charge in [0.25, 0.3) is 0 Å². The highest BCUT2D eigenvalue weighted by molar-refractivity contribution is 5.67. The maximum atomic E-state index is 11.1. The fraction of sp³-hybridized carbons (Fsp3) is 0.562. The molecule has 4 nitrogen and oxygen atoms in total. The van der Waals surface area contributed by atoms with Crippen LogP contribution in [0.2, 0.25) is 0 Å². The molecule has 2 N–H and O–H groups in total. The number of nitrogens with zero attached hydrogens (tertiary/aromatic N) is 1. The van der Waals surface area contributed by atoms with E-state index >= 15 is 0 Å². The summed E-state index contributed by atoms with van der Waals surface area (Å²) in [7, 11) is 0. The van der Waals surface area contributed by atoms with Gasteiger partial charge in [-0.1, -0.05) is 31.2 Å². The fourth-order valence-electron chi connectivity index (χ4n) is 2.76. The average Bonchev–Trinajstić information content (AvgIpc) is 2.48. The molecule has 0 bridgehead atoms. The van der Waals surface area contributed by atoms with E-state index in [9.17, 15) is 4.79 Å². The van der Waals surface area contributed by atoms with Crippen molar-refractivity contribution in [3.05, 3.63) is 35.4 Å². The standard InChI is InChI=1S/C16H24N2O2/c1-2-13-3-5-14(6-4-13)11-15(12-16(19)20)18-9-7-17-8-10-18/h3-6,15,17H,2,7-12H2,1H3,(H,19,20). The van der Waals surface area contributed by atoms with E-state index in [-0.39, 0.29) is 12.5 Å². The van der Waals surface area contributed by atoms with E-state index < -0.39 is 5.97 Å². The number of rotatable bonds is 6. The molecular weight excluding hydrogens is 252 g/mol. The van der Waals surface area contributed by atoms with Gasteiger partial charge in [-0.25, -0.2) is 0 Å². The molecule has 0 saturated carbocycles. The smallest absolute Gasteiger partial charge is 0.304 e. The fourth-order valence-corrected chi connectivity index (χ4v) is 2.76. The zero-order valence-electron chi connectivity index (χ0n) is 12.1. The van der Waals surface area contributed by atoms with Crippen molar-refractivity contribution in [2.45, 2.75) is 32.2 Å². The lowest BCUT2D eigenvalue weighted by atomic mass is 9.99. The van der Waals surface area contributed by atoms with E-state index in [4.69, 9.17) is 5.11 Å². The molecule has 1 atom stereocenters. The molecule has 0 aromatic heterocycles. The van der Waals surface area contributed by atoms with Crippen LogP contribution in [0.4, 0.5) is 0 Å². The van der Waals surface area contributed by atoms with Crippen LogP contribution in [0.25, 0.3) is 0 Å². The van der Waals surface area contributed by atoms with Crippen LogP contribution in [0, 0.1) is 0 Å². The minimum Gasteiger partial charge on any atom is -0.481 e. The molecule has 1 aliphatic heterocycles. The highest BCUT2D eigenvalue weighted by Gasteiger charge is 2.23. The lowest BCUT2D eigenvalue weighted by Crippen LogP contribution is -2.49. The first-order valence-corrected chi connectivity index (χ1v) is 7.43. The maximum absolute atomic E-state index is 11.1. The number of carboxylic acids is 1. The zero-order chi connectivity index (χ0) is 14.4. The summed E-state index contributed by atoms with van der Waals surface area (Å²) in [5.74, 6) is -0.710. The summed E-state index contributed by atoms with van der Waals surface area (Å²) in [5.41, 5.74) is 2.55. The van der Waals surface area contributed by atoms with E-state index in [1.807, 2.05) is 0 Å². The topological polar surface area (TPSA) is 52.6 Å². The number of aryl methyl sites for hydroxylation is 1. The molecule has 0 radical (unpaired) electrons. The molecule has 1 aromatic rings. The van der Waals surface area contributed by atoms with Crippen LogP contribution in [0.5, 0.6) is 0 Å². The summed E-state index contributed by atoms with van der Waals surface area (Å²) in [6.45, 7) is 5.91. The van der Waals surface area contributed by atoms with Gasteiger partial charge in [-0.2, -0.15) is 0 Å². The second kappa shape index (κ2) is 7.41. The summed E-state index contributed by atoms with van der Waals surface area (Å²) in [4.78, 5) is 13.4. The minimum atomic E-state index is -0.710. The number of hydrogen-bond acceptors (Lipinski definition) is 3. The number of carbonyl (C=O) groups is 1. The number of nitrogens with one attached hydrogen (secondary N) is 1. The first kappa shape index (κ1) is 15.0. The van der Waals surface area contributed by atoms with Crippen LogP contribution >= 0.6 is 0 Å². The van der Waals surface area contributed by atoms with Gasteiger partial charge in [0.05, 0.1) is 6.42 Å². The first-order valence-electron chi connectivity index (χ1n) is 7.43. The molecule has 1 saturated heterocycles. The molecule has 1 unspecified atom stereocenters. The van der Waals surface area contributed by atoms with Gasteiger partial charge >= 0.3 is 5.97 Å². The lowest BCUT2D eigenvalue weighted by molar-refractivity contribution is -0.138. The van der Waals surface area contributed by atoms with Gasteiger partial charge in [0.15, 0.2) is 0 Å². The Balaban J connectivity index is 2.03. The highest BCUT2D eigenvalue weighted by Crippen LogP contribution is 2.14. The molecule has 1 fully saturated rings. The van der Waals surface area contributed by atoms with Crippen LogP contribution in [0.1, 0.15) is 24.5 Å². The molecule has 1 aliphatic rings. The molecular formula is C16H24N2O2. The van der Waals surface area contributed by atoms with Crippen molar-refractivity contribution in [3.8, 4) is 0 Å². The Morgan fingerprint density at radius 2 is 1.85 bits per heavy atom. The summed E-state index contributed by atoms with van der Waals surface area (Å²) in [5, 5.41) is 12.4. The van der Waals surface area contributed by atoms with Crippen LogP contribution in [-0.4, -0.2) is 48.2 Å². The number of piperazine rings is 1. The monoisotopic (exact) mass is 276 g/mol. The quantitative estimate of drug-likeness (QED) is 0.827. The third-order valence-electron chi connectivity index (χ3n) is 3.98. The molecule has 1 heterocycles. The summed E-state index contributed by atoms with van der Waals surface area (Å²) < 4.78 is 0. The average molecular weight is 276 g/mol. The number of benzene rings is 1. The molecule has 1 aromatic carbocycles. The third-order valence-corrected chi connectivity index (χ3v) is 3.98. The van der Waals surface area contributed by atoms with Gasteiger partial charge in [-0.05, 0) is 24.0 Å². The Hall–Kier alpha value is -1.39. The molecule has 0 spiro atoms. The number of hydrogen-bond donors (Lipinski definition) is 2. The van der Waals surface area contributed by atoms with Crippen LogP contribution < -0.4 is 5.32 Å². The van der Waals surface area contributed by atoms with Gasteiger partial charge in [0.1, 0.15) is 0 Å². The summed E-state index contributed by atoms with van der Waals surface area (Å²) in [6, 6.07) is 8.66. The first-order chi connectivity index (χ1) is 9.69. The number of aliphatic carboxylic acids is 1. The van der Waals surface area contributed by atoms with E-state index in [2.05, 4.69) is 41.4 Å². The molecule has 0 aliphatic carbocycles. The number of carboxylic acid groups (broad SMARTS) is 1. The zero-order valence-corrected chi connectivity index (χ0v) is 12.1. The normalized spacial score (nSPS) is 17.9. The minimum absolute atomic E-state index is 0.0991. The molecule has 4 heteroatoms. The molecule has 110 valence electrons. The van der Waals surface area contributed by atoms with E-state index in [1.54, 1.807) is 0 Å². The second-order valence-electron chi connectivity index (χ2n) is 5.41. The maximum Gasteiger partial charge on any atom is 0.304 e. The van der Waals surface area contributed by atoms with Crippen molar-refractivity contribution in [3.63, 3.8) is 0 Å². The van der Waals surface area contributed by atoms with Crippen molar-refractivity contribution in [1.29, 1.82) is 0 Å². The summed E-state index contributed by atoms with van der Waals surface area (Å²) >= 11 is 0. The van der Waals surface area contributed by atoms with E-state index in [1.165, 1.54) is 11.1 Å². The van der Waals surface area contributed by atoms with Crippen molar-refractivity contribution in [2.75, 3.05) is 26.2 Å². The Bertz CT molecular complexity index is 425. The Morgan fingerprint density at radius 3 is 2.40 bits per heavy atom. The highest BCUT2D eigenvalue weighted by atomic mass is 16.4. The summed E-state index contributed by atoms with van der Waals surface area (Å²) in [6.07, 6.45) is 2.07. The Morgan fingerprint density at radius 1 is 1.25 bits per heavy atom. The molecule has 2 rings (SSSR count). The van der Waals surface area contributed by atoms with Crippen molar-refractivity contribution >= 4 is 5.97 Å². The third kappa shape index (κ3) is 4.32. The largest absolute Gasteiger partial charge is 0.481 e. The van der Waals surface area contributed by atoms with Gasteiger partial charge in [0, 0.05) is 32.2 Å². The van der Waals surface area contributed by atoms with Gasteiger partial charge in [-0.3, -0.25) is 9.69 Å². The van der Waals surface area contributed by atoms with Crippen LogP contribution in [0.15, 0.2) is 24.3 Å². The predicted octanol–water partition coefficient (Wildman–Crippen LogP) is 1.54. The Labute approximate surface area is 120 Å². The molecule has 0 amide bonds. The Kier molecular flexibility index (Phi) is 5.56. The van der Waals surface area contributed by atoms with E-state index in [0.717, 1.165) is 39.0 Å².